The molecule has 7 heterocycles. The van der Waals surface area contributed by atoms with Crippen molar-refractivity contribution in [3.05, 3.63) is 243 Å². The van der Waals surface area contributed by atoms with Crippen molar-refractivity contribution in [2.24, 2.45) is 0 Å². The van der Waals surface area contributed by atoms with Crippen molar-refractivity contribution in [3.8, 4) is 34.8 Å². The number of hydrogen-bond donors (Lipinski definition) is 10. The van der Waals surface area contributed by atoms with Gasteiger partial charge < -0.3 is 74.0 Å². The van der Waals surface area contributed by atoms with Gasteiger partial charge in [-0.3, -0.25) is 47.7 Å². The van der Waals surface area contributed by atoms with Gasteiger partial charge in [0.2, 0.25) is 0 Å². The molecule has 0 aliphatic carbocycles. The molecule has 0 unspecified atom stereocenters. The van der Waals surface area contributed by atoms with Crippen molar-refractivity contribution in [3.63, 3.8) is 0 Å². The van der Waals surface area contributed by atoms with E-state index in [2.05, 4.69) is 20.9 Å². The molecule has 29 heteroatoms. The number of rotatable bonds is 16. The number of ketones is 2. The highest BCUT2D eigenvalue weighted by atomic mass is 16.4. The topological polar surface area (TPSA) is 456 Å². The molecule has 0 saturated heterocycles. The molecule has 2 amide bonds. The highest BCUT2D eigenvalue weighted by molar-refractivity contribution is 5.98. The van der Waals surface area contributed by atoms with Crippen molar-refractivity contribution < 1.29 is 67.9 Å². The molecule has 10 rings (SSSR count). The van der Waals surface area contributed by atoms with Crippen LogP contribution in [0.3, 0.4) is 0 Å². The van der Waals surface area contributed by atoms with Gasteiger partial charge in [-0.25, -0.2) is 14.4 Å². The van der Waals surface area contributed by atoms with Crippen LogP contribution in [0.15, 0.2) is 150 Å². The van der Waals surface area contributed by atoms with Gasteiger partial charge in [-0.15, -0.1) is 0 Å². The number of aliphatic carboxylic acids is 1. The Balaban J connectivity index is 0.000000239. The van der Waals surface area contributed by atoms with Crippen molar-refractivity contribution in [1.82, 2.24) is 34.6 Å². The van der Waals surface area contributed by atoms with Gasteiger partial charge >= 0.3 is 22.8 Å². The minimum atomic E-state index is -1.28. The number of aromatic amines is 1. The molecule has 0 aliphatic rings. The summed E-state index contributed by atoms with van der Waals surface area (Å²) >= 11 is 0. The Morgan fingerprint density at radius 2 is 0.888 bits per heavy atom. The molecule has 0 saturated carbocycles. The molecule has 10 aromatic rings. The van der Waals surface area contributed by atoms with E-state index in [1.165, 1.54) is 57.4 Å². The molecule has 7 aromatic heterocycles. The summed E-state index contributed by atoms with van der Waals surface area (Å²) in [5, 5.41) is 76.5. The van der Waals surface area contributed by atoms with E-state index >= 15 is 0 Å². The zero-order chi connectivity index (χ0) is 72.6. The monoisotopic (exact) mass is 1340 g/mol. The molecule has 0 fully saturated rings. The number of aromatic nitrogens is 4. The van der Waals surface area contributed by atoms with Crippen molar-refractivity contribution in [1.29, 1.82) is 5.26 Å². The zero-order valence-electron chi connectivity index (χ0n) is 54.4. The average Bonchev–Trinajstić information content (AvgIpc) is 0.786. The Kier molecular flexibility index (Phi) is 25.0. The molecular formula is C69H68N8O21. The normalized spacial score (nSPS) is 10.5. The van der Waals surface area contributed by atoms with Gasteiger partial charge in [0.1, 0.15) is 40.5 Å². The van der Waals surface area contributed by atoms with Crippen LogP contribution in [0.1, 0.15) is 107 Å². The van der Waals surface area contributed by atoms with Crippen LogP contribution in [0.4, 0.5) is 0 Å². The first-order chi connectivity index (χ1) is 46.3. The second-order valence-corrected chi connectivity index (χ2v) is 21.8. The highest BCUT2D eigenvalue weighted by Gasteiger charge is 2.24. The summed E-state index contributed by atoms with van der Waals surface area (Å²) in [6.45, 7) is 13.3. The van der Waals surface area contributed by atoms with Gasteiger partial charge in [0.15, 0.2) is 23.1 Å². The minimum absolute atomic E-state index is 0.00104. The molecule has 0 radical (unpaired) electrons. The second kappa shape index (κ2) is 32.9. The van der Waals surface area contributed by atoms with Gasteiger partial charge in [-0.2, -0.15) is 5.26 Å². The third-order valence-corrected chi connectivity index (χ3v) is 14.9. The fourth-order valence-electron chi connectivity index (χ4n) is 9.83. The lowest BCUT2D eigenvalue weighted by atomic mass is 10.1. The molecule has 10 N–H and O–H groups in total. The number of carboxylic acid groups (broad SMARTS) is 1. The Hall–Kier alpha value is -12.7. The van der Waals surface area contributed by atoms with Crippen molar-refractivity contribution >= 4 is 62.3 Å². The Morgan fingerprint density at radius 3 is 1.34 bits per heavy atom. The number of H-pyrrole nitrogens is 1. The maximum atomic E-state index is 12.9. The maximum Gasteiger partial charge on any atom is 0.345 e. The number of benzene rings is 3. The van der Waals surface area contributed by atoms with Crippen LogP contribution in [-0.2, 0) is 24.4 Å². The first-order valence-corrected chi connectivity index (χ1v) is 29.6. The number of hydrogen-bond acceptors (Lipinski definition) is 22. The molecule has 0 aliphatic heterocycles. The van der Waals surface area contributed by atoms with E-state index < -0.39 is 70.4 Å². The number of para-hydroxylation sites is 3. The van der Waals surface area contributed by atoms with Crippen LogP contribution >= 0.6 is 0 Å². The van der Waals surface area contributed by atoms with Gasteiger partial charge in [0.25, 0.3) is 34.1 Å². The van der Waals surface area contributed by atoms with E-state index in [0.717, 1.165) is 20.9 Å². The number of aromatic hydroxyl groups is 5. The number of amides is 2. The standard InChI is InChI=1S/C30H31N5O11.C19H17NO5.C9H11NO2.C9H6O3.C2H3N/c1-15-11-18(24(39)28(43)34(15)13-20-23(38)17-5-3-4-6-21(17)46-30(20)45)26(41)32-9-7-31-8-10-33-27(42)19-12-16(2)35(14-22(36)37)29(44)25(19)40;1-10-8-14(12(3)21)11(2)18(23)20(10)9-15-17(22)13-6-4-5-7-16(13)25-19(15)24;1-5-4-8(7(3)11)6(2)9(12)10-5;10-7-5-9(11)12-8-4-2-1-3-6(7)8;1-2-3/h3-6,11-12,31,38-40H,7-10,13-14H2,1-2H3,(H,32,41)(H,33,42)(H,36,37);4-8,22H,9H2,1-3H3;4H,1-3H3,(H,10,12);1-5,10H;1H3. The molecule has 510 valence electrons. The fraction of sp³-hybridized carbons (Fsp3) is 0.232. The van der Waals surface area contributed by atoms with E-state index in [-0.39, 0.29) is 123 Å². The number of carbonyl (C=O) groups is 5. The van der Waals surface area contributed by atoms with Gasteiger partial charge in [0.05, 0.1) is 63.6 Å². The Labute approximate surface area is 554 Å². The fourth-order valence-corrected chi connectivity index (χ4v) is 9.83. The number of carbonyl (C=O) groups excluding carboxylic acids is 4. The van der Waals surface area contributed by atoms with Crippen LogP contribution in [-0.4, -0.2) is 105 Å². The average molecular weight is 1350 g/mol. The second-order valence-electron chi connectivity index (χ2n) is 21.8. The first-order valence-electron chi connectivity index (χ1n) is 29.6. The molecule has 0 spiro atoms. The molecule has 0 bridgehead atoms. The Morgan fingerprint density at radius 1 is 0.500 bits per heavy atom. The third-order valence-electron chi connectivity index (χ3n) is 14.9. The van der Waals surface area contributed by atoms with Crippen LogP contribution in [0.25, 0.3) is 32.9 Å². The summed E-state index contributed by atoms with van der Waals surface area (Å²) in [5.74, 6) is -5.35. The number of nitrogens with one attached hydrogen (secondary N) is 4. The molecular weight excluding hydrogens is 1280 g/mol. The van der Waals surface area contributed by atoms with Crippen LogP contribution in [0.2, 0.25) is 0 Å². The van der Waals surface area contributed by atoms with E-state index in [9.17, 15) is 83.1 Å². The van der Waals surface area contributed by atoms with E-state index in [4.69, 9.17) is 23.6 Å². The molecule has 98 heavy (non-hydrogen) atoms. The van der Waals surface area contributed by atoms with E-state index in [0.29, 0.717) is 44.3 Å². The quantitative estimate of drug-likeness (QED) is 0.0325. The predicted octanol–water partition coefficient (Wildman–Crippen LogP) is 5.48. The SMILES string of the molecule is CC#N.CC(=O)c1cc(C)[nH]c(=O)c1C.CC(=O)c1cc(C)n(Cc2c(O)c3ccccc3oc2=O)c(=O)c1C.Cc1cc(C(=O)NCCNCCNC(=O)c2cc(C)n(Cc3c(O)c4ccccc4oc3=O)c(=O)c2O)c(O)c(=O)n1CC(=O)O.O=c1cc(O)c2ccccc2o1. The number of carboxylic acids is 1. The molecule has 3 aromatic carbocycles. The van der Waals surface area contributed by atoms with Crippen LogP contribution in [0.5, 0.6) is 28.7 Å². The maximum absolute atomic E-state index is 12.9. The van der Waals surface area contributed by atoms with Gasteiger partial charge in [-0.1, -0.05) is 36.4 Å². The summed E-state index contributed by atoms with van der Waals surface area (Å²) in [5.41, 5.74) is -1.22. The summed E-state index contributed by atoms with van der Waals surface area (Å²) in [7, 11) is 0. The number of aryl methyl sites for hydroxylation is 4. The third kappa shape index (κ3) is 17.7. The van der Waals surface area contributed by atoms with E-state index in [1.54, 1.807) is 113 Å². The summed E-state index contributed by atoms with van der Waals surface area (Å²) in [6.07, 6.45) is 0. The van der Waals surface area contributed by atoms with Crippen molar-refractivity contribution in [2.75, 3.05) is 26.2 Å². The molecule has 0 atom stereocenters. The largest absolute Gasteiger partial charge is 0.507 e. The summed E-state index contributed by atoms with van der Waals surface area (Å²) < 4.78 is 18.5. The highest BCUT2D eigenvalue weighted by Crippen LogP contribution is 2.29. The number of fused-ring (bicyclic) bond motifs is 3. The first kappa shape index (κ1) is 74.3. The lowest BCUT2D eigenvalue weighted by molar-refractivity contribution is -0.137. The number of nitriles is 1. The van der Waals surface area contributed by atoms with Crippen LogP contribution < -0.4 is 55.1 Å². The number of nitrogens with zero attached hydrogens (tertiary/aromatic N) is 4. The van der Waals surface area contributed by atoms with Crippen molar-refractivity contribution in [2.45, 2.75) is 81.9 Å². The van der Waals surface area contributed by atoms with Gasteiger partial charge in [0, 0.05) is 78.1 Å². The van der Waals surface area contributed by atoms with Crippen LogP contribution in [0, 0.1) is 52.9 Å². The summed E-state index contributed by atoms with van der Waals surface area (Å²) in [4.78, 5) is 146. The van der Waals surface area contributed by atoms with Gasteiger partial charge in [-0.05, 0) is 116 Å². The molecule has 29 nitrogen and oxygen atoms in total. The Bertz CT molecular complexity index is 5260. The lowest BCUT2D eigenvalue weighted by Crippen LogP contribution is -2.37. The zero-order valence-corrected chi connectivity index (χ0v) is 54.4. The van der Waals surface area contributed by atoms with E-state index in [1.807, 2.05) is 0 Å². The number of Topliss-reactive ketones (excluding diaryl/α,β-unsaturated/α-hetero) is 2. The number of pyridine rings is 4. The predicted molar refractivity (Wildman–Crippen MR) is 358 cm³/mol. The minimum Gasteiger partial charge on any atom is -0.507 e. The lowest BCUT2D eigenvalue weighted by Gasteiger charge is -2.14. The smallest absolute Gasteiger partial charge is 0.345 e. The summed E-state index contributed by atoms with van der Waals surface area (Å²) in [6, 6.07) is 28.4.